The van der Waals surface area contributed by atoms with Gasteiger partial charge < -0.3 is 10.1 Å². The van der Waals surface area contributed by atoms with Crippen LogP contribution in [0.1, 0.15) is 25.7 Å². The third kappa shape index (κ3) is 3.44. The van der Waals surface area contributed by atoms with Gasteiger partial charge in [-0.1, -0.05) is 0 Å². The minimum Gasteiger partial charge on any atom is -0.378 e. The Balaban J connectivity index is 1.39. The summed E-state index contributed by atoms with van der Waals surface area (Å²) in [5.41, 5.74) is 0. The van der Waals surface area contributed by atoms with E-state index in [1.54, 1.807) is 0 Å². The van der Waals surface area contributed by atoms with Gasteiger partial charge in [0.2, 0.25) is 0 Å². The van der Waals surface area contributed by atoms with Crippen molar-refractivity contribution in [3.63, 3.8) is 0 Å². The van der Waals surface area contributed by atoms with Crippen LogP contribution in [0.25, 0.3) is 0 Å². The maximum absolute atomic E-state index is 5.59. The van der Waals surface area contributed by atoms with Gasteiger partial charge in [0.05, 0.1) is 6.10 Å². The molecule has 82 valence electrons. The molecule has 2 aliphatic heterocycles. The summed E-state index contributed by atoms with van der Waals surface area (Å²) in [6.07, 6.45) is 5.81. The molecular weight excluding hydrogens is 194 g/mol. The highest BCUT2D eigenvalue weighted by Crippen LogP contribution is 2.19. The van der Waals surface area contributed by atoms with Crippen molar-refractivity contribution in [1.29, 1.82) is 0 Å². The molecule has 2 aliphatic rings. The van der Waals surface area contributed by atoms with E-state index in [0.717, 1.165) is 12.5 Å². The lowest BCUT2D eigenvalue weighted by Crippen LogP contribution is -2.43. The molecule has 0 aromatic carbocycles. The fourth-order valence-corrected chi connectivity index (χ4v) is 3.11. The summed E-state index contributed by atoms with van der Waals surface area (Å²) >= 11 is 2.12. The van der Waals surface area contributed by atoms with Crippen LogP contribution in [0.4, 0.5) is 0 Å². The van der Waals surface area contributed by atoms with Crippen LogP contribution in [-0.4, -0.2) is 37.3 Å². The molecule has 0 saturated carbocycles. The molecule has 0 aliphatic carbocycles. The number of nitrogens with one attached hydrogen (secondary N) is 1. The van der Waals surface area contributed by atoms with Crippen molar-refractivity contribution in [2.45, 2.75) is 31.8 Å². The average molecular weight is 215 g/mol. The van der Waals surface area contributed by atoms with Gasteiger partial charge in [-0.25, -0.2) is 0 Å². The molecule has 0 bridgehead atoms. The molecule has 0 amide bonds. The van der Waals surface area contributed by atoms with Crippen molar-refractivity contribution in [3.8, 4) is 0 Å². The molecule has 2 heterocycles. The Morgan fingerprint density at radius 3 is 2.93 bits per heavy atom. The molecule has 2 saturated heterocycles. The number of thioether (sulfide) groups is 1. The van der Waals surface area contributed by atoms with Crippen molar-refractivity contribution < 1.29 is 4.74 Å². The Morgan fingerprint density at radius 2 is 2.29 bits per heavy atom. The van der Waals surface area contributed by atoms with E-state index in [1.807, 2.05) is 0 Å². The van der Waals surface area contributed by atoms with Crippen molar-refractivity contribution in [1.82, 2.24) is 5.32 Å². The third-order valence-electron chi connectivity index (χ3n) is 3.06. The molecule has 0 aromatic heterocycles. The highest BCUT2D eigenvalue weighted by atomic mass is 32.2. The molecular formula is C11H21NOS. The Hall–Kier alpha value is 0.270. The number of ether oxygens (including phenoxy) is 1. The van der Waals surface area contributed by atoms with Gasteiger partial charge in [-0.05, 0) is 56.2 Å². The van der Waals surface area contributed by atoms with Crippen LogP contribution in [0.3, 0.4) is 0 Å². The maximum Gasteiger partial charge on any atom is 0.0576 e. The first kappa shape index (κ1) is 10.8. The van der Waals surface area contributed by atoms with Crippen molar-refractivity contribution in [2.24, 2.45) is 5.92 Å². The predicted octanol–water partition coefficient (Wildman–Crippen LogP) is 1.90. The van der Waals surface area contributed by atoms with Crippen molar-refractivity contribution in [3.05, 3.63) is 0 Å². The van der Waals surface area contributed by atoms with E-state index in [1.165, 1.54) is 50.3 Å². The Bertz CT molecular complexity index is 155. The summed E-state index contributed by atoms with van der Waals surface area (Å²) in [6.45, 7) is 3.50. The molecule has 1 N–H and O–H groups in total. The van der Waals surface area contributed by atoms with Crippen molar-refractivity contribution >= 4 is 11.8 Å². The van der Waals surface area contributed by atoms with Crippen LogP contribution in [0.15, 0.2) is 0 Å². The fraction of sp³-hybridized carbons (Fsp3) is 1.00. The normalized spacial score (nSPS) is 27.9. The molecule has 1 unspecified atom stereocenters. The second kappa shape index (κ2) is 5.99. The first-order valence-corrected chi connectivity index (χ1v) is 7.00. The summed E-state index contributed by atoms with van der Waals surface area (Å²) < 4.78 is 5.59. The van der Waals surface area contributed by atoms with Crippen LogP contribution >= 0.6 is 11.8 Å². The zero-order chi connectivity index (χ0) is 9.64. The van der Waals surface area contributed by atoms with Crippen LogP contribution in [0.5, 0.6) is 0 Å². The van der Waals surface area contributed by atoms with Gasteiger partial charge in [-0.2, -0.15) is 11.8 Å². The minimum absolute atomic E-state index is 0.598. The van der Waals surface area contributed by atoms with E-state index in [4.69, 9.17) is 4.74 Å². The Kier molecular flexibility index (Phi) is 4.61. The molecule has 0 spiro atoms. The van der Waals surface area contributed by atoms with Crippen LogP contribution in [0, 0.1) is 5.92 Å². The van der Waals surface area contributed by atoms with Gasteiger partial charge in [0.15, 0.2) is 0 Å². The smallest absolute Gasteiger partial charge is 0.0576 e. The van der Waals surface area contributed by atoms with E-state index >= 15 is 0 Å². The summed E-state index contributed by atoms with van der Waals surface area (Å²) in [6, 6.07) is 0. The monoisotopic (exact) mass is 215 g/mol. The lowest BCUT2D eigenvalue weighted by Gasteiger charge is -2.26. The lowest BCUT2D eigenvalue weighted by molar-refractivity contribution is 0.104. The summed E-state index contributed by atoms with van der Waals surface area (Å²) in [7, 11) is 0. The third-order valence-corrected chi connectivity index (χ3v) is 4.34. The van der Waals surface area contributed by atoms with Gasteiger partial charge in [-0.15, -0.1) is 0 Å². The van der Waals surface area contributed by atoms with Crippen LogP contribution < -0.4 is 5.32 Å². The topological polar surface area (TPSA) is 21.3 Å². The van der Waals surface area contributed by atoms with Crippen LogP contribution in [-0.2, 0) is 4.74 Å². The van der Waals surface area contributed by atoms with Gasteiger partial charge in [0.25, 0.3) is 0 Å². The van der Waals surface area contributed by atoms with Gasteiger partial charge in [-0.3, -0.25) is 0 Å². The lowest BCUT2D eigenvalue weighted by atomic mass is 10.1. The van der Waals surface area contributed by atoms with E-state index in [0.29, 0.717) is 6.10 Å². The fourth-order valence-electron chi connectivity index (χ4n) is 2.00. The zero-order valence-electron chi connectivity index (χ0n) is 8.84. The predicted molar refractivity (Wildman–Crippen MR) is 61.9 cm³/mol. The molecule has 14 heavy (non-hydrogen) atoms. The average Bonchev–Trinajstić information content (AvgIpc) is 2.60. The van der Waals surface area contributed by atoms with E-state index < -0.39 is 0 Å². The largest absolute Gasteiger partial charge is 0.378 e. The number of hydrogen-bond donors (Lipinski definition) is 1. The second-order valence-corrected chi connectivity index (χ2v) is 5.53. The van der Waals surface area contributed by atoms with E-state index in [9.17, 15) is 0 Å². The first-order valence-electron chi connectivity index (χ1n) is 5.85. The number of rotatable bonds is 6. The first-order chi connectivity index (χ1) is 6.95. The van der Waals surface area contributed by atoms with E-state index in [2.05, 4.69) is 17.1 Å². The van der Waals surface area contributed by atoms with Gasteiger partial charge >= 0.3 is 0 Å². The van der Waals surface area contributed by atoms with Crippen molar-refractivity contribution in [2.75, 3.05) is 31.2 Å². The summed E-state index contributed by atoms with van der Waals surface area (Å²) in [5.74, 6) is 3.65. The molecule has 2 nitrogen and oxygen atoms in total. The molecule has 3 heteroatoms. The van der Waals surface area contributed by atoms with Gasteiger partial charge in [0.1, 0.15) is 0 Å². The van der Waals surface area contributed by atoms with Gasteiger partial charge in [0, 0.05) is 6.61 Å². The van der Waals surface area contributed by atoms with Crippen LogP contribution in [0.2, 0.25) is 0 Å². The second-order valence-electron chi connectivity index (χ2n) is 4.38. The SMILES string of the molecule is C1COC(CCCSCC2CNC2)C1. The summed E-state index contributed by atoms with van der Waals surface area (Å²) in [5, 5.41) is 3.31. The van der Waals surface area contributed by atoms with E-state index in [-0.39, 0.29) is 0 Å². The maximum atomic E-state index is 5.59. The molecule has 1 atom stereocenters. The Labute approximate surface area is 91.2 Å². The molecule has 2 rings (SSSR count). The zero-order valence-corrected chi connectivity index (χ0v) is 9.65. The molecule has 0 aromatic rings. The highest BCUT2D eigenvalue weighted by molar-refractivity contribution is 7.99. The molecule has 0 radical (unpaired) electrons. The summed E-state index contributed by atoms with van der Waals surface area (Å²) in [4.78, 5) is 0. The molecule has 2 fully saturated rings. The highest BCUT2D eigenvalue weighted by Gasteiger charge is 2.17. The Morgan fingerprint density at radius 1 is 1.36 bits per heavy atom. The number of hydrogen-bond acceptors (Lipinski definition) is 3. The minimum atomic E-state index is 0.598. The standard InChI is InChI=1S/C11H21NOS/c1-3-11(13-5-1)4-2-6-14-9-10-7-12-8-10/h10-12H,1-9H2. The quantitative estimate of drug-likeness (QED) is 0.684.